The normalized spacial score (nSPS) is 15.4. The summed E-state index contributed by atoms with van der Waals surface area (Å²) in [7, 11) is -12.5. The number of hydrogen-bond acceptors (Lipinski definition) is 22. The Hall–Kier alpha value is -4.52. The number of halogens is 1. The van der Waals surface area contributed by atoms with Crippen LogP contribution < -0.4 is 31.8 Å². The van der Waals surface area contributed by atoms with Crippen LogP contribution in [-0.4, -0.2) is 157 Å². The van der Waals surface area contributed by atoms with E-state index in [1.807, 2.05) is 97.9 Å². The average Bonchev–Trinajstić information content (AvgIpc) is 0.939. The highest BCUT2D eigenvalue weighted by atomic mass is 35.7. The van der Waals surface area contributed by atoms with E-state index in [1.165, 1.54) is 33.3 Å². The molecule has 0 aliphatic rings. The predicted octanol–water partition coefficient (Wildman–Crippen LogP) is 11.7. The fourth-order valence-corrected chi connectivity index (χ4v) is 10.4. The first-order valence-electron chi connectivity index (χ1n) is 32.6. The van der Waals surface area contributed by atoms with Gasteiger partial charge in [-0.25, -0.2) is 15.3 Å². The third-order valence-electron chi connectivity index (χ3n) is 12.2. The van der Waals surface area contributed by atoms with Crippen molar-refractivity contribution < 1.29 is 103 Å². The summed E-state index contributed by atoms with van der Waals surface area (Å²) in [5.74, 6) is -3.33. The van der Waals surface area contributed by atoms with Crippen LogP contribution in [0.25, 0.3) is 0 Å². The number of ether oxygens (including phenoxy) is 6. The van der Waals surface area contributed by atoms with E-state index >= 15 is 0 Å². The number of nitrogens with two attached hydrogens (primary N) is 2. The third kappa shape index (κ3) is 64.1. The second kappa shape index (κ2) is 58.9. The first kappa shape index (κ1) is 101. The zero-order valence-electron chi connectivity index (χ0n) is 61.2. The molecule has 99 heavy (non-hydrogen) atoms. The number of carbonyl (C=O) groups excluding carboxylic acids is 6. The molecule has 11 unspecified atom stereocenters. The second-order valence-corrected chi connectivity index (χ2v) is 34.7. The summed E-state index contributed by atoms with van der Waals surface area (Å²) in [4.78, 5) is 85.0. The van der Waals surface area contributed by atoms with E-state index in [4.69, 9.17) is 69.8 Å². The number of carbonyl (C=O) groups is 6. The van der Waals surface area contributed by atoms with Crippen LogP contribution in [0.2, 0.25) is 0 Å². The summed E-state index contributed by atoms with van der Waals surface area (Å²) < 4.78 is 101. The molecule has 572 valence electrons. The highest BCUT2D eigenvalue weighted by Gasteiger charge is 2.26. The molecule has 0 aliphatic carbocycles. The predicted molar refractivity (Wildman–Crippen MR) is 390 cm³/mol. The van der Waals surface area contributed by atoms with Crippen molar-refractivity contribution in [3.63, 3.8) is 0 Å². The lowest BCUT2D eigenvalue weighted by atomic mass is 10.2. The fraction of sp³-hybridized carbons (Fsp3) is 0.631. The summed E-state index contributed by atoms with van der Waals surface area (Å²) in [6.07, 6.45) is 3.72. The van der Waals surface area contributed by atoms with Crippen molar-refractivity contribution in [2.24, 2.45) is 41.1 Å². The lowest BCUT2D eigenvalue weighted by Crippen LogP contribution is -2.38. The van der Waals surface area contributed by atoms with E-state index in [1.54, 1.807) is 69.2 Å². The molecule has 0 heterocycles. The molecule has 3 aromatic carbocycles. The molecule has 0 amide bonds. The monoisotopic (exact) mass is 1520 g/mol. The lowest BCUT2D eigenvalue weighted by molar-refractivity contribution is -0.148. The summed E-state index contributed by atoms with van der Waals surface area (Å²) >= 11 is 5.42. The molecule has 0 fully saturated rings. The van der Waals surface area contributed by atoms with Crippen LogP contribution in [0.15, 0.2) is 91.0 Å². The standard InChI is InChI=1S/C14H29N2O5P.C14H22NO4P.C8H10ClO2P.C8H17NO2.C8H11O3P.C7H16NO4P.C6H13NO2/c1-6-8-9-21-14(18)12(4)16-22(5,19)15-10-11(3)13(17)20-7-2;1-4-18-14(16)12(2)10-15-20(3,17)19-11-13-8-6-5-7-9-13;1-12(9,10)11-7-8-5-3-2-4-6-8;1-3-4-5-11-8(10)7(2)6-9;1-12(9,10)11-7-8-5-3-2-4-6-8;1-4-12-7(9)6(2)5-8-13(3,10)11;1-3-9-6(8)5(2)4-7/h11-12H,6-10H2,1-5H3,(H2,15,16,19);5-9,12H,4,10-11H2,1-3H3,(H,15,17);2-6H,7H2,1H3;7H,3-6,9H2,1-2H3;2-6H,7H2,1H3,(H,9,10);6H,4-5H2,1-3H3,(H2,8,10,11);5H,3-4,7H2,1-2H3. The Bertz CT molecular complexity index is 2820. The van der Waals surface area contributed by atoms with E-state index in [-0.39, 0.29) is 80.4 Å². The van der Waals surface area contributed by atoms with E-state index < -0.39 is 60.6 Å². The highest BCUT2D eigenvalue weighted by molar-refractivity contribution is 7.84. The van der Waals surface area contributed by atoms with Gasteiger partial charge in [0, 0.05) is 66.0 Å². The van der Waals surface area contributed by atoms with E-state index in [0.29, 0.717) is 59.3 Å². The second-order valence-electron chi connectivity index (χ2n) is 22.4. The molecule has 28 nitrogen and oxygen atoms in total. The first-order chi connectivity index (χ1) is 46.1. The minimum absolute atomic E-state index is 0.156. The Morgan fingerprint density at radius 2 is 0.737 bits per heavy atom. The van der Waals surface area contributed by atoms with Crippen LogP contribution >= 0.6 is 48.0 Å². The van der Waals surface area contributed by atoms with Crippen molar-refractivity contribution >= 4 is 83.9 Å². The molecule has 0 saturated carbocycles. The molecule has 0 aromatic heterocycles. The molecule has 0 saturated heterocycles. The van der Waals surface area contributed by atoms with Crippen LogP contribution in [0.5, 0.6) is 0 Å². The van der Waals surface area contributed by atoms with Crippen molar-refractivity contribution in [3.05, 3.63) is 108 Å². The Kier molecular flexibility index (Phi) is 60.0. The maximum absolute atomic E-state index is 12.4. The Labute approximate surface area is 593 Å². The minimum atomic E-state index is -3.33. The van der Waals surface area contributed by atoms with Gasteiger partial charge in [-0.1, -0.05) is 152 Å². The molecule has 3 rings (SSSR count). The van der Waals surface area contributed by atoms with Gasteiger partial charge >= 0.3 is 43.4 Å². The van der Waals surface area contributed by atoms with Crippen molar-refractivity contribution in [1.82, 2.24) is 20.3 Å². The molecule has 3 aromatic rings. The number of esters is 6. The van der Waals surface area contributed by atoms with Gasteiger partial charge in [0.15, 0.2) is 0 Å². The molecular formula is C65H118ClN6O22P5. The number of nitrogens with one attached hydrogen (secondary N) is 4. The zero-order chi connectivity index (χ0) is 76.7. The molecule has 0 aliphatic heterocycles. The summed E-state index contributed by atoms with van der Waals surface area (Å²) in [5.41, 5.74) is 13.3. The van der Waals surface area contributed by atoms with Crippen LogP contribution in [0.3, 0.4) is 0 Å². The molecule has 11 atom stereocenters. The summed E-state index contributed by atoms with van der Waals surface area (Å²) in [6.45, 7) is 29.5. The molecule has 0 bridgehead atoms. The largest absolute Gasteiger partial charge is 0.466 e. The highest BCUT2D eigenvalue weighted by Crippen LogP contribution is 2.48. The fourth-order valence-electron chi connectivity index (χ4n) is 6.22. The van der Waals surface area contributed by atoms with E-state index in [9.17, 15) is 51.6 Å². The Morgan fingerprint density at radius 3 is 1.05 bits per heavy atom. The first-order valence-corrected chi connectivity index (χ1v) is 44.0. The quantitative estimate of drug-likeness (QED) is 0.0114. The zero-order valence-corrected chi connectivity index (χ0v) is 66.4. The molecule has 10 N–H and O–H groups in total. The van der Waals surface area contributed by atoms with Crippen LogP contribution in [0.1, 0.15) is 125 Å². The van der Waals surface area contributed by atoms with Gasteiger partial charge in [0.25, 0.3) is 21.8 Å². The minimum Gasteiger partial charge on any atom is -0.466 e. The van der Waals surface area contributed by atoms with Crippen molar-refractivity contribution in [3.8, 4) is 0 Å². The van der Waals surface area contributed by atoms with Gasteiger partial charge in [0.05, 0.1) is 89.1 Å². The number of hydrogen-bond donors (Lipinski definition) is 8. The average molecular weight is 1530 g/mol. The van der Waals surface area contributed by atoms with Crippen LogP contribution in [0, 0.1) is 29.6 Å². The molecule has 0 radical (unpaired) electrons. The van der Waals surface area contributed by atoms with Gasteiger partial charge in [-0.3, -0.25) is 56.7 Å². The molecule has 34 heteroatoms. The smallest absolute Gasteiger partial charge is 0.325 e. The van der Waals surface area contributed by atoms with Gasteiger partial charge in [0.2, 0.25) is 7.44 Å². The van der Waals surface area contributed by atoms with Gasteiger partial charge in [-0.2, -0.15) is 0 Å². The number of unbranched alkanes of at least 4 members (excludes halogenated alkanes) is 2. The summed E-state index contributed by atoms with van der Waals surface area (Å²) in [5, 5.41) is 10.7. The molecular weight excluding hydrogens is 1410 g/mol. The van der Waals surface area contributed by atoms with Crippen molar-refractivity contribution in [2.75, 3.05) is 106 Å². The number of rotatable bonds is 38. The van der Waals surface area contributed by atoms with Gasteiger partial charge in [-0.05, 0) is 75.4 Å². The maximum atomic E-state index is 12.4. The van der Waals surface area contributed by atoms with Gasteiger partial charge in [-0.15, -0.1) is 0 Å². The molecule has 0 spiro atoms. The van der Waals surface area contributed by atoms with E-state index in [2.05, 4.69) is 32.0 Å². The topological polar surface area (TPSA) is 411 Å². The Morgan fingerprint density at radius 1 is 0.434 bits per heavy atom. The summed E-state index contributed by atoms with van der Waals surface area (Å²) in [6, 6.07) is 27.6. The third-order valence-corrected chi connectivity index (χ3v) is 17.5. The maximum Gasteiger partial charge on any atom is 0.325 e. The van der Waals surface area contributed by atoms with Crippen LogP contribution in [-0.2, 0) is 113 Å². The van der Waals surface area contributed by atoms with Gasteiger partial charge in [0.1, 0.15) is 6.04 Å². The van der Waals surface area contributed by atoms with Crippen LogP contribution in [0.4, 0.5) is 0 Å². The SMILES string of the molecule is CCCCOC(=O)C(C)CN.CCCCOC(=O)C(C)NP(C)(=O)NCC(C)C(=O)OCC.CCOC(=O)C(C)CN.CCOC(=O)C(C)CNP(C)(=O)O.CCOC(=O)C(C)CNP(C)(=O)OCc1ccccc1.CP(=O)(Cl)OCc1ccccc1.CP(=O)(O)OCc1ccccc1. The van der Waals surface area contributed by atoms with Gasteiger partial charge < -0.3 is 63.2 Å². The Balaban J connectivity index is -0.000000543. The van der Waals surface area contributed by atoms with Crippen molar-refractivity contribution in [2.45, 2.75) is 135 Å². The van der Waals surface area contributed by atoms with E-state index in [0.717, 1.165) is 42.4 Å². The lowest BCUT2D eigenvalue weighted by Gasteiger charge is -2.21. The van der Waals surface area contributed by atoms with Crippen molar-refractivity contribution in [1.29, 1.82) is 0 Å². The number of benzene rings is 3.